The van der Waals surface area contributed by atoms with Crippen LogP contribution in [0.1, 0.15) is 18.4 Å². The summed E-state index contributed by atoms with van der Waals surface area (Å²) in [5.74, 6) is 0. The molecule has 0 radical (unpaired) electrons. The molecule has 3 rings (SSSR count). The molecule has 0 spiro atoms. The van der Waals surface area contributed by atoms with Gasteiger partial charge in [0.1, 0.15) is 0 Å². The monoisotopic (exact) mass is 332 g/mol. The third kappa shape index (κ3) is 2.87. The van der Waals surface area contributed by atoms with E-state index in [9.17, 15) is 0 Å². The van der Waals surface area contributed by atoms with Gasteiger partial charge in [-0.05, 0) is 49.6 Å². The average Bonchev–Trinajstić information content (AvgIpc) is 2.86. The third-order valence-corrected chi connectivity index (χ3v) is 4.54. The van der Waals surface area contributed by atoms with E-state index in [1.165, 1.54) is 10.9 Å². The molecule has 0 aliphatic rings. The van der Waals surface area contributed by atoms with E-state index >= 15 is 0 Å². The topological polar surface area (TPSA) is 41.8 Å². The van der Waals surface area contributed by atoms with Gasteiger partial charge in [0.25, 0.3) is 0 Å². The van der Waals surface area contributed by atoms with Crippen molar-refractivity contribution in [3.8, 4) is 11.3 Å². The van der Waals surface area contributed by atoms with Crippen LogP contribution in [0.15, 0.2) is 42.5 Å². The lowest BCUT2D eigenvalue weighted by molar-refractivity contribution is 0.748. The maximum atomic E-state index is 6.40. The van der Waals surface area contributed by atoms with Crippen LogP contribution in [-0.2, 0) is 6.42 Å². The highest BCUT2D eigenvalue weighted by Gasteiger charge is 2.17. The van der Waals surface area contributed by atoms with E-state index in [-0.39, 0.29) is 0 Å². The number of nitrogens with two attached hydrogens (primary N) is 1. The molecule has 4 heteroatoms. The molecular weight excluding hydrogens is 315 g/mol. The Morgan fingerprint density at radius 3 is 2.36 bits per heavy atom. The van der Waals surface area contributed by atoms with Crippen LogP contribution in [0, 0.1) is 0 Å². The van der Waals surface area contributed by atoms with Gasteiger partial charge in [-0.1, -0.05) is 47.5 Å². The van der Waals surface area contributed by atoms with Crippen molar-refractivity contribution in [3.05, 3.63) is 58.1 Å². The van der Waals surface area contributed by atoms with Crippen LogP contribution in [-0.4, -0.2) is 11.5 Å². The summed E-state index contributed by atoms with van der Waals surface area (Å²) in [7, 11) is 0. The van der Waals surface area contributed by atoms with Crippen LogP contribution >= 0.6 is 23.2 Å². The molecule has 1 heterocycles. The largest absolute Gasteiger partial charge is 0.354 e. The van der Waals surface area contributed by atoms with E-state index in [4.69, 9.17) is 28.9 Å². The van der Waals surface area contributed by atoms with Gasteiger partial charge in [0.05, 0.1) is 15.7 Å². The highest BCUT2D eigenvalue weighted by molar-refractivity contribution is 6.39. The second-order valence-corrected chi connectivity index (χ2v) is 6.18. The number of fused-ring (bicyclic) bond motifs is 1. The second-order valence-electron chi connectivity index (χ2n) is 5.37. The number of aryl methyl sites for hydroxylation is 1. The number of para-hydroxylation sites is 1. The van der Waals surface area contributed by atoms with Crippen molar-refractivity contribution in [2.24, 2.45) is 5.73 Å². The molecule has 2 nitrogen and oxygen atoms in total. The van der Waals surface area contributed by atoms with Gasteiger partial charge in [0, 0.05) is 16.5 Å². The van der Waals surface area contributed by atoms with Gasteiger partial charge >= 0.3 is 0 Å². The first kappa shape index (κ1) is 15.4. The minimum absolute atomic E-state index is 0.666. The van der Waals surface area contributed by atoms with E-state index in [1.54, 1.807) is 0 Å². The molecule has 0 aliphatic heterocycles. The number of unbranched alkanes of at least 4 members (excludes halogenated alkanes) is 1. The Bertz CT molecular complexity index is 773. The minimum atomic E-state index is 0.666. The average molecular weight is 333 g/mol. The predicted octanol–water partition coefficient (Wildman–Crippen LogP) is 5.42. The Labute approximate surface area is 140 Å². The number of hydrogen-bond acceptors (Lipinski definition) is 1. The summed E-state index contributed by atoms with van der Waals surface area (Å²) in [4.78, 5) is 3.49. The summed E-state index contributed by atoms with van der Waals surface area (Å²) >= 11 is 12.8. The molecule has 3 N–H and O–H groups in total. The van der Waals surface area contributed by atoms with Crippen molar-refractivity contribution in [3.63, 3.8) is 0 Å². The number of aromatic amines is 1. The normalized spacial score (nSPS) is 11.2. The SMILES string of the molecule is NCCCCc1c(-c2c(Cl)cccc2Cl)[nH]c2ccccc12. The lowest BCUT2D eigenvalue weighted by atomic mass is 10.00. The molecular formula is C18H18Cl2N2. The van der Waals surface area contributed by atoms with Crippen LogP contribution < -0.4 is 5.73 Å². The van der Waals surface area contributed by atoms with Crippen LogP contribution in [0.3, 0.4) is 0 Å². The molecule has 1 aromatic heterocycles. The number of H-pyrrole nitrogens is 1. The van der Waals surface area contributed by atoms with Gasteiger partial charge < -0.3 is 10.7 Å². The molecule has 0 saturated heterocycles. The molecule has 0 unspecified atom stereocenters. The second kappa shape index (κ2) is 6.74. The Hall–Kier alpha value is -1.48. The third-order valence-electron chi connectivity index (χ3n) is 3.91. The smallest absolute Gasteiger partial charge is 0.0527 e. The van der Waals surface area contributed by atoms with Crippen LogP contribution in [0.25, 0.3) is 22.2 Å². The van der Waals surface area contributed by atoms with Crippen molar-refractivity contribution in [2.45, 2.75) is 19.3 Å². The lowest BCUT2D eigenvalue weighted by Crippen LogP contribution is -1.99. The highest BCUT2D eigenvalue weighted by atomic mass is 35.5. The fraction of sp³-hybridized carbons (Fsp3) is 0.222. The maximum absolute atomic E-state index is 6.40. The quantitative estimate of drug-likeness (QED) is 0.601. The van der Waals surface area contributed by atoms with E-state index < -0.39 is 0 Å². The molecule has 0 bridgehead atoms. The van der Waals surface area contributed by atoms with Gasteiger partial charge in [0.2, 0.25) is 0 Å². The minimum Gasteiger partial charge on any atom is -0.354 e. The molecule has 114 valence electrons. The molecule has 2 aromatic carbocycles. The van der Waals surface area contributed by atoms with E-state index in [0.29, 0.717) is 16.6 Å². The van der Waals surface area contributed by atoms with Gasteiger partial charge in [-0.2, -0.15) is 0 Å². The molecule has 0 fully saturated rings. The van der Waals surface area contributed by atoms with Crippen LogP contribution in [0.5, 0.6) is 0 Å². The summed E-state index contributed by atoms with van der Waals surface area (Å²) in [5.41, 5.74) is 9.90. The molecule has 0 atom stereocenters. The number of nitrogens with one attached hydrogen (secondary N) is 1. The predicted molar refractivity (Wildman–Crippen MR) is 95.7 cm³/mol. The molecule has 22 heavy (non-hydrogen) atoms. The van der Waals surface area contributed by atoms with Crippen molar-refractivity contribution in [1.82, 2.24) is 4.98 Å². The Morgan fingerprint density at radius 1 is 0.909 bits per heavy atom. The molecule has 0 aliphatic carbocycles. The van der Waals surface area contributed by atoms with E-state index in [0.717, 1.165) is 36.0 Å². The zero-order chi connectivity index (χ0) is 15.5. The van der Waals surface area contributed by atoms with Crippen LogP contribution in [0.2, 0.25) is 10.0 Å². The summed E-state index contributed by atoms with van der Waals surface area (Å²) in [6.07, 6.45) is 3.01. The van der Waals surface area contributed by atoms with Gasteiger partial charge in [-0.3, -0.25) is 0 Å². The van der Waals surface area contributed by atoms with Crippen molar-refractivity contribution < 1.29 is 0 Å². The van der Waals surface area contributed by atoms with Crippen molar-refractivity contribution in [1.29, 1.82) is 0 Å². The number of hydrogen-bond donors (Lipinski definition) is 2. The highest BCUT2D eigenvalue weighted by Crippen LogP contribution is 2.39. The first-order chi connectivity index (χ1) is 10.7. The number of halogens is 2. The lowest BCUT2D eigenvalue weighted by Gasteiger charge is -2.09. The van der Waals surface area contributed by atoms with Crippen LogP contribution in [0.4, 0.5) is 0 Å². The number of rotatable bonds is 5. The number of aromatic nitrogens is 1. The Balaban J connectivity index is 2.17. The van der Waals surface area contributed by atoms with Crippen molar-refractivity contribution >= 4 is 34.1 Å². The van der Waals surface area contributed by atoms with Gasteiger partial charge in [-0.15, -0.1) is 0 Å². The standard InChI is InChI=1S/C18H18Cl2N2/c19-14-8-5-9-15(20)17(14)18-13(7-3-4-11-21)12-6-1-2-10-16(12)22-18/h1-2,5-6,8-10,22H,3-4,7,11,21H2. The summed E-state index contributed by atoms with van der Waals surface area (Å²) in [5, 5.41) is 2.56. The van der Waals surface area contributed by atoms with E-state index in [2.05, 4.69) is 23.2 Å². The molecule has 3 aromatic rings. The summed E-state index contributed by atoms with van der Waals surface area (Å²) in [6.45, 7) is 0.713. The first-order valence-corrected chi connectivity index (χ1v) is 8.22. The fourth-order valence-electron chi connectivity index (χ4n) is 2.86. The molecule has 0 saturated carbocycles. The van der Waals surface area contributed by atoms with Crippen molar-refractivity contribution in [2.75, 3.05) is 6.54 Å². The fourth-order valence-corrected chi connectivity index (χ4v) is 3.44. The summed E-state index contributed by atoms with van der Waals surface area (Å²) in [6, 6.07) is 13.9. The Kier molecular flexibility index (Phi) is 4.72. The first-order valence-electron chi connectivity index (χ1n) is 7.46. The Morgan fingerprint density at radius 2 is 1.64 bits per heavy atom. The summed E-state index contributed by atoms with van der Waals surface area (Å²) < 4.78 is 0. The zero-order valence-electron chi connectivity index (χ0n) is 12.2. The zero-order valence-corrected chi connectivity index (χ0v) is 13.7. The number of benzene rings is 2. The van der Waals surface area contributed by atoms with E-state index in [1.807, 2.05) is 24.3 Å². The maximum Gasteiger partial charge on any atom is 0.0527 e. The van der Waals surface area contributed by atoms with Gasteiger partial charge in [0.15, 0.2) is 0 Å². The molecule has 0 amide bonds. The van der Waals surface area contributed by atoms with Gasteiger partial charge in [-0.25, -0.2) is 0 Å².